The van der Waals surface area contributed by atoms with E-state index >= 15 is 0 Å². The minimum atomic E-state index is 0.175. The first-order valence-electron chi connectivity index (χ1n) is 7.94. The van der Waals surface area contributed by atoms with E-state index in [4.69, 9.17) is 5.73 Å². The zero-order valence-corrected chi connectivity index (χ0v) is 13.5. The van der Waals surface area contributed by atoms with Crippen LogP contribution in [0.1, 0.15) is 50.9 Å². The monoisotopic (exact) mass is 278 g/mol. The van der Waals surface area contributed by atoms with Crippen LogP contribution >= 0.6 is 0 Å². The maximum Gasteiger partial charge on any atom is 0.0625 e. The molecule has 4 nitrogen and oxygen atoms in total. The summed E-state index contributed by atoms with van der Waals surface area (Å²) >= 11 is 0. The van der Waals surface area contributed by atoms with Crippen molar-refractivity contribution in [3.8, 4) is 0 Å². The van der Waals surface area contributed by atoms with Crippen LogP contribution in [0.25, 0.3) is 0 Å². The second kappa shape index (κ2) is 6.27. The summed E-state index contributed by atoms with van der Waals surface area (Å²) in [6, 6.07) is 2.23. The van der Waals surface area contributed by atoms with Crippen LogP contribution in [0.3, 0.4) is 0 Å². The molecule has 1 aliphatic rings. The van der Waals surface area contributed by atoms with Crippen molar-refractivity contribution in [3.63, 3.8) is 0 Å². The lowest BCUT2D eigenvalue weighted by atomic mass is 9.75. The lowest BCUT2D eigenvalue weighted by Gasteiger charge is -2.46. The highest BCUT2D eigenvalue weighted by atomic mass is 15.3. The molecular weight excluding hydrogens is 248 g/mol. The van der Waals surface area contributed by atoms with Crippen LogP contribution < -0.4 is 5.73 Å². The van der Waals surface area contributed by atoms with E-state index in [1.165, 1.54) is 37.1 Å². The molecule has 0 spiro atoms. The predicted octanol–water partition coefficient (Wildman–Crippen LogP) is 2.32. The van der Waals surface area contributed by atoms with Gasteiger partial charge in [-0.25, -0.2) is 0 Å². The molecule has 1 saturated carbocycles. The van der Waals surface area contributed by atoms with Crippen LogP contribution in [-0.2, 0) is 20.0 Å². The van der Waals surface area contributed by atoms with E-state index in [0.717, 1.165) is 25.4 Å². The zero-order chi connectivity index (χ0) is 14.8. The fourth-order valence-corrected chi connectivity index (χ4v) is 3.62. The van der Waals surface area contributed by atoms with Gasteiger partial charge in [0.1, 0.15) is 0 Å². The predicted molar refractivity (Wildman–Crippen MR) is 83.5 cm³/mol. The first kappa shape index (κ1) is 15.5. The SMILES string of the molecule is CCc1cc(CN(C)C2(CN)CCCC(C)C2)n(C)n1. The molecule has 0 bridgehead atoms. The van der Waals surface area contributed by atoms with Crippen LogP contribution in [0.4, 0.5) is 0 Å². The second-order valence-electron chi connectivity index (χ2n) is 6.59. The summed E-state index contributed by atoms with van der Waals surface area (Å²) in [5.41, 5.74) is 8.80. The van der Waals surface area contributed by atoms with E-state index in [1.54, 1.807) is 0 Å². The van der Waals surface area contributed by atoms with Crippen molar-refractivity contribution in [1.82, 2.24) is 14.7 Å². The molecule has 0 saturated heterocycles. The van der Waals surface area contributed by atoms with Crippen LogP contribution in [0, 0.1) is 5.92 Å². The molecule has 0 aromatic carbocycles. The molecule has 1 aliphatic carbocycles. The Balaban J connectivity index is 2.12. The third-order valence-electron chi connectivity index (χ3n) is 5.05. The van der Waals surface area contributed by atoms with Crippen LogP contribution in [0.5, 0.6) is 0 Å². The molecule has 0 aliphatic heterocycles. The van der Waals surface area contributed by atoms with Crippen LogP contribution in [0.2, 0.25) is 0 Å². The highest BCUT2D eigenvalue weighted by Crippen LogP contribution is 2.36. The van der Waals surface area contributed by atoms with Crippen LogP contribution in [-0.4, -0.2) is 33.8 Å². The molecule has 0 radical (unpaired) electrons. The topological polar surface area (TPSA) is 47.1 Å². The van der Waals surface area contributed by atoms with E-state index in [9.17, 15) is 0 Å². The zero-order valence-electron chi connectivity index (χ0n) is 13.5. The molecule has 2 rings (SSSR count). The summed E-state index contributed by atoms with van der Waals surface area (Å²) in [6.07, 6.45) is 6.09. The lowest BCUT2D eigenvalue weighted by Crippen LogP contribution is -2.54. The van der Waals surface area contributed by atoms with Gasteiger partial charge in [-0.05, 0) is 38.3 Å². The van der Waals surface area contributed by atoms with Crippen molar-refractivity contribution in [2.24, 2.45) is 18.7 Å². The maximum absolute atomic E-state index is 6.16. The molecule has 2 N–H and O–H groups in total. The van der Waals surface area contributed by atoms with Crippen molar-refractivity contribution < 1.29 is 0 Å². The third kappa shape index (κ3) is 3.07. The standard InChI is InChI=1S/C16H30N4/c1-5-14-9-15(20(4)18-14)11-19(3)16(12-17)8-6-7-13(2)10-16/h9,13H,5-8,10-12,17H2,1-4H3. The van der Waals surface area contributed by atoms with Gasteiger partial charge in [0.15, 0.2) is 0 Å². The van der Waals surface area contributed by atoms with E-state index in [2.05, 4.69) is 37.0 Å². The number of rotatable bonds is 5. The minimum absolute atomic E-state index is 0.175. The molecule has 1 fully saturated rings. The Morgan fingerprint density at radius 2 is 2.30 bits per heavy atom. The van der Waals surface area contributed by atoms with Gasteiger partial charge in [0.05, 0.1) is 11.4 Å². The maximum atomic E-state index is 6.16. The molecule has 114 valence electrons. The molecule has 1 heterocycles. The molecular formula is C16H30N4. The van der Waals surface area contributed by atoms with E-state index in [0.29, 0.717) is 0 Å². The second-order valence-corrected chi connectivity index (χ2v) is 6.59. The molecule has 2 atom stereocenters. The number of nitrogens with zero attached hydrogens (tertiary/aromatic N) is 3. The number of hydrogen-bond donors (Lipinski definition) is 1. The van der Waals surface area contributed by atoms with Crippen molar-refractivity contribution in [2.45, 2.75) is 58.0 Å². The third-order valence-corrected chi connectivity index (χ3v) is 5.05. The molecule has 20 heavy (non-hydrogen) atoms. The largest absolute Gasteiger partial charge is 0.329 e. The number of likely N-dealkylation sites (N-methyl/N-ethyl adjacent to an activating group) is 1. The van der Waals surface area contributed by atoms with Gasteiger partial charge in [0, 0.05) is 25.7 Å². The van der Waals surface area contributed by atoms with Crippen molar-refractivity contribution in [1.29, 1.82) is 0 Å². The van der Waals surface area contributed by atoms with Crippen molar-refractivity contribution in [2.75, 3.05) is 13.6 Å². The fourth-order valence-electron chi connectivity index (χ4n) is 3.62. The van der Waals surface area contributed by atoms with Gasteiger partial charge in [0.25, 0.3) is 0 Å². The molecule has 2 unspecified atom stereocenters. The molecule has 1 aromatic rings. The van der Waals surface area contributed by atoms with Gasteiger partial charge in [-0.1, -0.05) is 26.7 Å². The van der Waals surface area contributed by atoms with Gasteiger partial charge in [-0.3, -0.25) is 9.58 Å². The van der Waals surface area contributed by atoms with Crippen molar-refractivity contribution >= 4 is 0 Å². The average Bonchev–Trinajstić information content (AvgIpc) is 2.79. The van der Waals surface area contributed by atoms with Gasteiger partial charge >= 0.3 is 0 Å². The Kier molecular flexibility index (Phi) is 4.86. The molecule has 0 amide bonds. The number of aromatic nitrogens is 2. The molecule has 1 aromatic heterocycles. The Morgan fingerprint density at radius 3 is 2.85 bits per heavy atom. The Labute approximate surface area is 123 Å². The smallest absolute Gasteiger partial charge is 0.0625 e. The summed E-state index contributed by atoms with van der Waals surface area (Å²) in [5, 5.41) is 4.55. The molecule has 4 heteroatoms. The summed E-state index contributed by atoms with van der Waals surface area (Å²) in [7, 11) is 4.27. The van der Waals surface area contributed by atoms with Crippen LogP contribution in [0.15, 0.2) is 6.07 Å². The van der Waals surface area contributed by atoms with Gasteiger partial charge in [-0.2, -0.15) is 5.10 Å². The van der Waals surface area contributed by atoms with E-state index < -0.39 is 0 Å². The highest BCUT2D eigenvalue weighted by molar-refractivity contribution is 5.11. The fraction of sp³-hybridized carbons (Fsp3) is 0.812. The minimum Gasteiger partial charge on any atom is -0.329 e. The Bertz CT molecular complexity index is 440. The quantitative estimate of drug-likeness (QED) is 0.899. The van der Waals surface area contributed by atoms with Gasteiger partial charge in [-0.15, -0.1) is 0 Å². The van der Waals surface area contributed by atoms with Gasteiger partial charge < -0.3 is 5.73 Å². The Hall–Kier alpha value is -0.870. The number of hydrogen-bond acceptors (Lipinski definition) is 3. The highest BCUT2D eigenvalue weighted by Gasteiger charge is 2.37. The summed E-state index contributed by atoms with van der Waals surface area (Å²) in [6.45, 7) is 6.20. The average molecular weight is 278 g/mol. The summed E-state index contributed by atoms with van der Waals surface area (Å²) in [5.74, 6) is 0.785. The summed E-state index contributed by atoms with van der Waals surface area (Å²) in [4.78, 5) is 2.47. The normalized spacial score (nSPS) is 27.2. The number of nitrogens with two attached hydrogens (primary N) is 1. The first-order valence-corrected chi connectivity index (χ1v) is 7.94. The summed E-state index contributed by atoms with van der Waals surface area (Å²) < 4.78 is 2.02. The van der Waals surface area contributed by atoms with Gasteiger partial charge in [0.2, 0.25) is 0 Å². The first-order chi connectivity index (χ1) is 9.50. The van der Waals surface area contributed by atoms with E-state index in [-0.39, 0.29) is 5.54 Å². The number of aryl methyl sites for hydroxylation is 2. The lowest BCUT2D eigenvalue weighted by molar-refractivity contribution is 0.0536. The van der Waals surface area contributed by atoms with E-state index in [1.807, 2.05) is 11.7 Å². The van der Waals surface area contributed by atoms with Crippen molar-refractivity contribution in [3.05, 3.63) is 17.5 Å². The Morgan fingerprint density at radius 1 is 1.55 bits per heavy atom.